The molecule has 1 amide bonds. The lowest BCUT2D eigenvalue weighted by Gasteiger charge is -2.14. The molecular formula is C9H15NO3S2. The highest BCUT2D eigenvalue weighted by Crippen LogP contribution is 2.26. The van der Waals surface area contributed by atoms with E-state index in [1.54, 1.807) is 11.8 Å². The first-order chi connectivity index (χ1) is 7.07. The Morgan fingerprint density at radius 1 is 1.33 bits per heavy atom. The van der Waals surface area contributed by atoms with Gasteiger partial charge in [0.1, 0.15) is 0 Å². The predicted octanol–water partition coefficient (Wildman–Crippen LogP) is 0.185. The second kappa shape index (κ2) is 4.33. The largest absolute Gasteiger partial charge is 0.351 e. The third-order valence-electron chi connectivity index (χ3n) is 2.80. The molecule has 15 heavy (non-hydrogen) atoms. The minimum atomic E-state index is -2.89. The predicted molar refractivity (Wildman–Crippen MR) is 60.7 cm³/mol. The van der Waals surface area contributed by atoms with Gasteiger partial charge in [-0.2, -0.15) is 0 Å². The van der Waals surface area contributed by atoms with Gasteiger partial charge in [-0.1, -0.05) is 0 Å². The summed E-state index contributed by atoms with van der Waals surface area (Å²) in [4.78, 5) is 11.7. The summed E-state index contributed by atoms with van der Waals surface area (Å²) in [6.45, 7) is 0. The number of rotatable bonds is 2. The van der Waals surface area contributed by atoms with E-state index < -0.39 is 9.84 Å². The highest BCUT2D eigenvalue weighted by Gasteiger charge is 2.31. The Labute approximate surface area is 94.1 Å². The van der Waals surface area contributed by atoms with Crippen LogP contribution >= 0.6 is 11.8 Å². The summed E-state index contributed by atoms with van der Waals surface area (Å²) in [5, 5.41) is 2.89. The molecule has 2 heterocycles. The molecule has 2 aliphatic heterocycles. The van der Waals surface area contributed by atoms with E-state index in [9.17, 15) is 13.2 Å². The first-order valence-electron chi connectivity index (χ1n) is 5.19. The fourth-order valence-corrected chi connectivity index (χ4v) is 4.83. The smallest absolute Gasteiger partial charge is 0.233 e. The molecule has 86 valence electrons. The second-order valence-corrected chi connectivity index (χ2v) is 7.65. The first kappa shape index (κ1) is 11.3. The number of sulfone groups is 1. The fourth-order valence-electron chi connectivity index (χ4n) is 1.99. The standard InChI is InChI=1S/C9H15NO3S2/c11-9(8-2-1-4-14-8)10-7-3-5-15(12,13)6-7/h7-8H,1-6H2,(H,10,11). The van der Waals surface area contributed by atoms with Crippen molar-refractivity contribution in [3.05, 3.63) is 0 Å². The van der Waals surface area contributed by atoms with Gasteiger partial charge in [-0.25, -0.2) is 8.42 Å². The lowest BCUT2D eigenvalue weighted by Crippen LogP contribution is -2.40. The Kier molecular flexibility index (Phi) is 3.25. The van der Waals surface area contributed by atoms with Crippen molar-refractivity contribution in [2.75, 3.05) is 17.3 Å². The number of hydrogen-bond acceptors (Lipinski definition) is 4. The Hall–Kier alpha value is -0.230. The van der Waals surface area contributed by atoms with Crippen LogP contribution in [0, 0.1) is 0 Å². The SMILES string of the molecule is O=C(NC1CCS(=O)(=O)C1)C1CCCS1. The van der Waals surface area contributed by atoms with Crippen molar-refractivity contribution in [1.82, 2.24) is 5.32 Å². The molecule has 1 N–H and O–H groups in total. The molecule has 2 aliphatic rings. The molecule has 2 saturated heterocycles. The van der Waals surface area contributed by atoms with E-state index >= 15 is 0 Å². The minimum absolute atomic E-state index is 0.0274. The zero-order chi connectivity index (χ0) is 10.9. The van der Waals surface area contributed by atoms with Gasteiger partial charge in [0.05, 0.1) is 16.8 Å². The van der Waals surface area contributed by atoms with E-state index in [1.165, 1.54) is 0 Å². The number of carbonyl (C=O) groups is 1. The average Bonchev–Trinajstić information content (AvgIpc) is 2.74. The van der Waals surface area contributed by atoms with E-state index in [1.807, 2.05) is 0 Å². The third kappa shape index (κ3) is 2.87. The highest BCUT2D eigenvalue weighted by atomic mass is 32.2. The van der Waals surface area contributed by atoms with Gasteiger partial charge in [0.15, 0.2) is 9.84 Å². The summed E-state index contributed by atoms with van der Waals surface area (Å²) in [7, 11) is -2.89. The zero-order valence-corrected chi connectivity index (χ0v) is 10.1. The molecule has 2 atom stereocenters. The van der Waals surface area contributed by atoms with E-state index in [2.05, 4.69) is 5.32 Å². The minimum Gasteiger partial charge on any atom is -0.351 e. The fraction of sp³-hybridized carbons (Fsp3) is 0.889. The van der Waals surface area contributed by atoms with Crippen LogP contribution in [0.1, 0.15) is 19.3 Å². The monoisotopic (exact) mass is 249 g/mol. The molecule has 0 aromatic rings. The van der Waals surface area contributed by atoms with E-state index in [-0.39, 0.29) is 28.7 Å². The lowest BCUT2D eigenvalue weighted by atomic mass is 10.2. The summed E-state index contributed by atoms with van der Waals surface area (Å²) in [6, 6.07) is -0.149. The normalized spacial score (nSPS) is 34.1. The summed E-state index contributed by atoms with van der Waals surface area (Å²) >= 11 is 1.67. The molecule has 0 radical (unpaired) electrons. The van der Waals surface area contributed by atoms with E-state index in [4.69, 9.17) is 0 Å². The van der Waals surface area contributed by atoms with Gasteiger partial charge in [0.25, 0.3) is 0 Å². The van der Waals surface area contributed by atoms with Gasteiger partial charge in [-0.05, 0) is 25.0 Å². The molecule has 0 bridgehead atoms. The van der Waals surface area contributed by atoms with Crippen LogP contribution in [0.4, 0.5) is 0 Å². The Morgan fingerprint density at radius 3 is 2.67 bits per heavy atom. The second-order valence-electron chi connectivity index (χ2n) is 4.11. The molecule has 0 aromatic heterocycles. The maximum absolute atomic E-state index is 11.7. The molecule has 0 spiro atoms. The Morgan fingerprint density at radius 2 is 2.13 bits per heavy atom. The number of thioether (sulfide) groups is 1. The Balaban J connectivity index is 1.85. The number of hydrogen-bond donors (Lipinski definition) is 1. The number of carbonyl (C=O) groups excluding carboxylic acids is 1. The van der Waals surface area contributed by atoms with Crippen molar-refractivity contribution in [2.24, 2.45) is 0 Å². The van der Waals surface area contributed by atoms with Crippen molar-refractivity contribution in [2.45, 2.75) is 30.6 Å². The van der Waals surface area contributed by atoms with Crippen LogP contribution in [0.15, 0.2) is 0 Å². The summed E-state index contributed by atoms with van der Waals surface area (Å²) < 4.78 is 22.4. The molecule has 2 fully saturated rings. The molecule has 0 saturated carbocycles. The van der Waals surface area contributed by atoms with Gasteiger partial charge >= 0.3 is 0 Å². The summed E-state index contributed by atoms with van der Waals surface area (Å²) in [5.74, 6) is 1.41. The molecule has 2 rings (SSSR count). The molecule has 0 aromatic carbocycles. The van der Waals surface area contributed by atoms with E-state index in [0.717, 1.165) is 18.6 Å². The van der Waals surface area contributed by atoms with Crippen LogP contribution in [0.2, 0.25) is 0 Å². The van der Waals surface area contributed by atoms with Crippen molar-refractivity contribution in [3.8, 4) is 0 Å². The van der Waals surface area contributed by atoms with Gasteiger partial charge in [0, 0.05) is 6.04 Å². The van der Waals surface area contributed by atoms with Crippen LogP contribution in [0.25, 0.3) is 0 Å². The highest BCUT2D eigenvalue weighted by molar-refractivity contribution is 8.00. The summed E-state index contributed by atoms with van der Waals surface area (Å²) in [6.07, 6.45) is 2.59. The Bertz CT molecular complexity index is 346. The first-order valence-corrected chi connectivity index (χ1v) is 8.06. The van der Waals surface area contributed by atoms with Crippen molar-refractivity contribution in [3.63, 3.8) is 0 Å². The quantitative estimate of drug-likeness (QED) is 0.758. The van der Waals surface area contributed by atoms with Crippen LogP contribution in [-0.2, 0) is 14.6 Å². The average molecular weight is 249 g/mol. The molecule has 2 unspecified atom stereocenters. The number of nitrogens with one attached hydrogen (secondary N) is 1. The molecule has 6 heteroatoms. The lowest BCUT2D eigenvalue weighted by molar-refractivity contribution is -0.121. The van der Waals surface area contributed by atoms with Gasteiger partial charge < -0.3 is 5.32 Å². The number of amides is 1. The molecule has 4 nitrogen and oxygen atoms in total. The third-order valence-corrected chi connectivity index (χ3v) is 5.95. The van der Waals surface area contributed by atoms with E-state index in [0.29, 0.717) is 6.42 Å². The maximum Gasteiger partial charge on any atom is 0.233 e. The van der Waals surface area contributed by atoms with Crippen LogP contribution < -0.4 is 5.32 Å². The zero-order valence-electron chi connectivity index (χ0n) is 8.44. The van der Waals surface area contributed by atoms with Gasteiger partial charge in [-0.15, -0.1) is 11.8 Å². The van der Waals surface area contributed by atoms with Gasteiger partial charge in [-0.3, -0.25) is 4.79 Å². The molecular weight excluding hydrogens is 234 g/mol. The topological polar surface area (TPSA) is 63.2 Å². The van der Waals surface area contributed by atoms with Gasteiger partial charge in [0.2, 0.25) is 5.91 Å². The van der Waals surface area contributed by atoms with Crippen molar-refractivity contribution in [1.29, 1.82) is 0 Å². The van der Waals surface area contributed by atoms with Crippen molar-refractivity contribution >= 4 is 27.5 Å². The molecule has 0 aliphatic carbocycles. The van der Waals surface area contributed by atoms with Crippen LogP contribution in [-0.4, -0.2) is 42.9 Å². The van der Waals surface area contributed by atoms with Crippen LogP contribution in [0.5, 0.6) is 0 Å². The summed E-state index contributed by atoms with van der Waals surface area (Å²) in [5.41, 5.74) is 0. The maximum atomic E-state index is 11.7. The van der Waals surface area contributed by atoms with Crippen molar-refractivity contribution < 1.29 is 13.2 Å². The van der Waals surface area contributed by atoms with Crippen LogP contribution in [0.3, 0.4) is 0 Å².